The number of carbonyl (C=O) groups is 1. The summed E-state index contributed by atoms with van der Waals surface area (Å²) in [6.07, 6.45) is 8.40. The highest BCUT2D eigenvalue weighted by molar-refractivity contribution is 5.77. The number of carbonyl (C=O) groups excluding carboxylic acids is 1. The Bertz CT molecular complexity index is 334. The molecule has 1 amide bonds. The maximum atomic E-state index is 11.5. The number of nitrogens with one attached hydrogen (secondary N) is 1. The molecule has 16 heavy (non-hydrogen) atoms. The second kappa shape index (κ2) is 5.61. The average Bonchev–Trinajstić information content (AvgIpc) is 2.81. The van der Waals surface area contributed by atoms with Gasteiger partial charge in [-0.3, -0.25) is 14.6 Å². The molecule has 0 bridgehead atoms. The van der Waals surface area contributed by atoms with Gasteiger partial charge in [0.15, 0.2) is 0 Å². The molecule has 0 aliphatic heterocycles. The van der Waals surface area contributed by atoms with Gasteiger partial charge in [-0.05, 0) is 24.5 Å². The molecular weight excluding hydrogens is 204 g/mol. The van der Waals surface area contributed by atoms with Gasteiger partial charge >= 0.3 is 0 Å². The molecule has 1 fully saturated rings. The second-order valence-corrected chi connectivity index (χ2v) is 4.09. The summed E-state index contributed by atoms with van der Waals surface area (Å²) in [5.74, 6) is -0.111. The van der Waals surface area contributed by atoms with Crippen LogP contribution < -0.4 is 5.48 Å². The Morgan fingerprint density at radius 3 is 3.00 bits per heavy atom. The summed E-state index contributed by atoms with van der Waals surface area (Å²) < 4.78 is 0. The average molecular weight is 220 g/mol. The molecule has 1 aliphatic carbocycles. The van der Waals surface area contributed by atoms with Crippen LogP contribution in [0.2, 0.25) is 0 Å². The molecule has 86 valence electrons. The van der Waals surface area contributed by atoms with E-state index in [4.69, 9.17) is 4.84 Å². The number of rotatable bonds is 4. The number of amides is 1. The highest BCUT2D eigenvalue weighted by Crippen LogP contribution is 2.19. The molecule has 1 aliphatic rings. The van der Waals surface area contributed by atoms with Gasteiger partial charge in [0, 0.05) is 12.4 Å². The zero-order valence-corrected chi connectivity index (χ0v) is 9.19. The first-order valence-corrected chi connectivity index (χ1v) is 5.68. The Morgan fingerprint density at radius 1 is 1.50 bits per heavy atom. The molecule has 0 unspecified atom stereocenters. The molecule has 1 aromatic heterocycles. The minimum Gasteiger partial charge on any atom is -0.272 e. The summed E-state index contributed by atoms with van der Waals surface area (Å²) >= 11 is 0. The quantitative estimate of drug-likeness (QED) is 0.784. The van der Waals surface area contributed by atoms with Crippen LogP contribution in [0, 0.1) is 0 Å². The number of hydrogen-bond donors (Lipinski definition) is 1. The standard InChI is InChI=1S/C12H16N2O2/c15-12(8-10-4-3-7-13-9-10)14-16-11-5-1-2-6-11/h3-4,7,9,11H,1-2,5-6,8H2,(H,14,15). The van der Waals surface area contributed by atoms with E-state index < -0.39 is 0 Å². The highest BCUT2D eigenvalue weighted by Gasteiger charge is 2.16. The van der Waals surface area contributed by atoms with Crippen molar-refractivity contribution in [3.05, 3.63) is 30.1 Å². The third-order valence-corrected chi connectivity index (χ3v) is 2.73. The molecule has 1 aromatic rings. The lowest BCUT2D eigenvalue weighted by atomic mass is 10.2. The smallest absolute Gasteiger partial charge is 0.248 e. The predicted molar refractivity (Wildman–Crippen MR) is 59.4 cm³/mol. The number of pyridine rings is 1. The van der Waals surface area contributed by atoms with Gasteiger partial charge in [-0.15, -0.1) is 0 Å². The van der Waals surface area contributed by atoms with Gasteiger partial charge in [-0.25, -0.2) is 5.48 Å². The third kappa shape index (κ3) is 3.31. The van der Waals surface area contributed by atoms with Crippen molar-refractivity contribution < 1.29 is 9.63 Å². The van der Waals surface area contributed by atoms with Crippen LogP contribution in [0.15, 0.2) is 24.5 Å². The summed E-state index contributed by atoms with van der Waals surface area (Å²) in [6.45, 7) is 0. The van der Waals surface area contributed by atoms with E-state index in [2.05, 4.69) is 10.5 Å². The molecular formula is C12H16N2O2. The van der Waals surface area contributed by atoms with Crippen LogP contribution in [0.1, 0.15) is 31.2 Å². The van der Waals surface area contributed by atoms with Gasteiger partial charge < -0.3 is 0 Å². The maximum absolute atomic E-state index is 11.5. The molecule has 1 heterocycles. The first-order valence-electron chi connectivity index (χ1n) is 5.68. The predicted octanol–water partition coefficient (Wildman–Crippen LogP) is 1.61. The summed E-state index contributed by atoms with van der Waals surface area (Å²) in [6, 6.07) is 3.70. The molecule has 1 saturated carbocycles. The van der Waals surface area contributed by atoms with Crippen molar-refractivity contribution in [3.8, 4) is 0 Å². The first kappa shape index (κ1) is 11.1. The van der Waals surface area contributed by atoms with Gasteiger partial charge in [0.25, 0.3) is 0 Å². The first-order chi connectivity index (χ1) is 7.84. The topological polar surface area (TPSA) is 51.2 Å². The lowest BCUT2D eigenvalue weighted by Gasteiger charge is -2.11. The van der Waals surface area contributed by atoms with Crippen LogP contribution in [-0.4, -0.2) is 17.0 Å². The van der Waals surface area contributed by atoms with E-state index in [1.165, 1.54) is 12.8 Å². The summed E-state index contributed by atoms with van der Waals surface area (Å²) in [4.78, 5) is 20.8. The fourth-order valence-corrected chi connectivity index (χ4v) is 1.88. The lowest BCUT2D eigenvalue weighted by Crippen LogP contribution is -2.29. The molecule has 0 saturated heterocycles. The Balaban J connectivity index is 1.72. The molecule has 0 aromatic carbocycles. The Hall–Kier alpha value is -1.42. The minimum absolute atomic E-state index is 0.111. The molecule has 0 radical (unpaired) electrons. The third-order valence-electron chi connectivity index (χ3n) is 2.73. The lowest BCUT2D eigenvalue weighted by molar-refractivity contribution is -0.137. The summed E-state index contributed by atoms with van der Waals surface area (Å²) in [5, 5.41) is 0. The van der Waals surface area contributed by atoms with Crippen molar-refractivity contribution in [1.29, 1.82) is 0 Å². The maximum Gasteiger partial charge on any atom is 0.248 e. The van der Waals surface area contributed by atoms with Crippen LogP contribution >= 0.6 is 0 Å². The number of hydroxylamine groups is 1. The van der Waals surface area contributed by atoms with E-state index in [0.29, 0.717) is 6.42 Å². The number of aromatic nitrogens is 1. The van der Waals surface area contributed by atoms with Crippen LogP contribution in [0.3, 0.4) is 0 Å². The minimum atomic E-state index is -0.111. The van der Waals surface area contributed by atoms with Crippen LogP contribution in [-0.2, 0) is 16.1 Å². The van der Waals surface area contributed by atoms with Gasteiger partial charge in [-0.1, -0.05) is 18.9 Å². The fraction of sp³-hybridized carbons (Fsp3) is 0.500. The molecule has 2 rings (SSSR count). The van der Waals surface area contributed by atoms with E-state index in [-0.39, 0.29) is 12.0 Å². The normalized spacial score (nSPS) is 16.2. The highest BCUT2D eigenvalue weighted by atomic mass is 16.7. The monoisotopic (exact) mass is 220 g/mol. The van der Waals surface area contributed by atoms with Crippen molar-refractivity contribution in [1.82, 2.24) is 10.5 Å². The van der Waals surface area contributed by atoms with E-state index in [9.17, 15) is 4.79 Å². The molecule has 4 heteroatoms. The van der Waals surface area contributed by atoms with Crippen molar-refractivity contribution in [2.75, 3.05) is 0 Å². The van der Waals surface area contributed by atoms with Crippen molar-refractivity contribution in [2.24, 2.45) is 0 Å². The van der Waals surface area contributed by atoms with Gasteiger partial charge in [-0.2, -0.15) is 0 Å². The second-order valence-electron chi connectivity index (χ2n) is 4.09. The number of nitrogens with zero attached hydrogens (tertiary/aromatic N) is 1. The van der Waals surface area contributed by atoms with Crippen LogP contribution in [0.4, 0.5) is 0 Å². The van der Waals surface area contributed by atoms with E-state index >= 15 is 0 Å². The van der Waals surface area contributed by atoms with Gasteiger partial charge in [0.1, 0.15) is 0 Å². The Kier molecular flexibility index (Phi) is 3.88. The summed E-state index contributed by atoms with van der Waals surface area (Å²) in [5.41, 5.74) is 3.40. The van der Waals surface area contributed by atoms with E-state index in [1.807, 2.05) is 12.1 Å². The van der Waals surface area contributed by atoms with Crippen LogP contribution in [0.25, 0.3) is 0 Å². The largest absolute Gasteiger partial charge is 0.272 e. The fourth-order valence-electron chi connectivity index (χ4n) is 1.88. The Morgan fingerprint density at radius 2 is 2.31 bits per heavy atom. The van der Waals surface area contributed by atoms with Crippen molar-refractivity contribution in [2.45, 2.75) is 38.2 Å². The van der Waals surface area contributed by atoms with E-state index in [0.717, 1.165) is 18.4 Å². The van der Waals surface area contributed by atoms with E-state index in [1.54, 1.807) is 12.4 Å². The molecule has 0 atom stereocenters. The van der Waals surface area contributed by atoms with Gasteiger partial charge in [0.2, 0.25) is 5.91 Å². The zero-order chi connectivity index (χ0) is 11.2. The van der Waals surface area contributed by atoms with Crippen LogP contribution in [0.5, 0.6) is 0 Å². The Labute approximate surface area is 95.0 Å². The SMILES string of the molecule is O=C(Cc1cccnc1)NOC1CCCC1. The molecule has 1 N–H and O–H groups in total. The zero-order valence-electron chi connectivity index (χ0n) is 9.19. The van der Waals surface area contributed by atoms with Crippen molar-refractivity contribution in [3.63, 3.8) is 0 Å². The molecule has 4 nitrogen and oxygen atoms in total. The number of hydrogen-bond acceptors (Lipinski definition) is 3. The van der Waals surface area contributed by atoms with Crippen molar-refractivity contribution >= 4 is 5.91 Å². The van der Waals surface area contributed by atoms with Gasteiger partial charge in [0.05, 0.1) is 12.5 Å². The molecule has 0 spiro atoms. The summed E-state index contributed by atoms with van der Waals surface area (Å²) in [7, 11) is 0.